The van der Waals surface area contributed by atoms with Crippen molar-refractivity contribution in [1.82, 2.24) is 71.2 Å². The number of carbonyl (C=O) groups excluding carboxylic acids is 2. The number of anilines is 2. The molecule has 0 aliphatic rings. The van der Waals surface area contributed by atoms with Crippen molar-refractivity contribution in [3.8, 4) is 46.0 Å². The van der Waals surface area contributed by atoms with E-state index in [9.17, 15) is 66.5 Å². The molecule has 0 saturated carbocycles. The molecule has 0 unspecified atom stereocenters. The number of hydrogen-bond acceptors (Lipinski definition) is 22. The van der Waals surface area contributed by atoms with E-state index in [1.807, 2.05) is 172 Å². The molecule has 0 bridgehead atoms. The van der Waals surface area contributed by atoms with E-state index in [0.29, 0.717) is 28.5 Å². The van der Waals surface area contributed by atoms with Gasteiger partial charge in [0.05, 0.1) is 29.3 Å². The van der Waals surface area contributed by atoms with E-state index in [1.165, 1.54) is 80.4 Å². The first-order valence-corrected chi connectivity index (χ1v) is 45.4. The van der Waals surface area contributed by atoms with E-state index in [0.717, 1.165) is 39.1 Å². The van der Waals surface area contributed by atoms with Gasteiger partial charge >= 0.3 is 65.8 Å². The molecule has 0 fully saturated rings. The third-order valence-corrected chi connectivity index (χ3v) is 21.3. The second-order valence-electron chi connectivity index (χ2n) is 42.3. The lowest BCUT2D eigenvalue weighted by atomic mass is 9.86. The summed E-state index contributed by atoms with van der Waals surface area (Å²) >= 11 is 0. The summed E-state index contributed by atoms with van der Waals surface area (Å²) in [6, 6.07) is 61.1. The lowest BCUT2D eigenvalue weighted by Crippen LogP contribution is -2.44. The van der Waals surface area contributed by atoms with Crippen molar-refractivity contribution in [1.29, 1.82) is 0 Å². The minimum absolute atomic E-state index is 0. The van der Waals surface area contributed by atoms with Gasteiger partial charge in [-0.3, -0.25) is 19.3 Å². The van der Waals surface area contributed by atoms with Gasteiger partial charge in [0, 0.05) is 16.9 Å². The monoisotopic (exact) mass is 2030 g/mol. The Balaban J connectivity index is 0.000000425. The Hall–Kier alpha value is -16.2. The number of aromatic amines is 2. The molecule has 38 heteroatoms. The van der Waals surface area contributed by atoms with Crippen LogP contribution in [0.15, 0.2) is 219 Å². The van der Waals surface area contributed by atoms with Crippen LogP contribution in [0.5, 0.6) is 23.3 Å². The van der Waals surface area contributed by atoms with E-state index in [-0.39, 0.29) is 114 Å². The zero-order valence-corrected chi connectivity index (χ0v) is 86.5. The zero-order chi connectivity index (χ0) is 110. The zero-order valence-electron chi connectivity index (χ0n) is 86.5. The number of rotatable bonds is 14. The summed E-state index contributed by atoms with van der Waals surface area (Å²) in [5.74, 6) is -10.5. The van der Waals surface area contributed by atoms with Gasteiger partial charge in [-0.2, -0.15) is 23.6 Å². The van der Waals surface area contributed by atoms with Crippen molar-refractivity contribution in [2.24, 2.45) is 0 Å². The molecule has 4 aromatic heterocycles. The number of carboxylic acid groups (broad SMARTS) is 7. The molecule has 0 aliphatic carbocycles. The highest BCUT2D eigenvalue weighted by Crippen LogP contribution is 2.35. The highest BCUT2D eigenvalue weighted by Gasteiger charge is 2.44. The maximum absolute atomic E-state index is 12.5. The average Bonchev–Trinajstić information content (AvgIpc) is 1.52. The molecule has 13 aromatic rings. The third kappa shape index (κ3) is 40.5. The van der Waals surface area contributed by atoms with Gasteiger partial charge in [0.2, 0.25) is 5.82 Å². The van der Waals surface area contributed by atoms with Crippen molar-refractivity contribution in [2.75, 3.05) is 16.8 Å². The van der Waals surface area contributed by atoms with Crippen LogP contribution in [0.4, 0.5) is 24.5 Å². The minimum Gasteiger partial charge on any atom is -0.507 e. The number of alkyl halides is 3. The smallest absolute Gasteiger partial charge is 0.471 e. The van der Waals surface area contributed by atoms with Crippen LogP contribution >= 0.6 is 0 Å². The van der Waals surface area contributed by atoms with Crippen LogP contribution in [0, 0.1) is 0 Å². The Morgan fingerprint density at radius 1 is 0.388 bits per heavy atom. The molecule has 0 aliphatic heterocycles. The highest BCUT2D eigenvalue weighted by atomic mass is 19.4. The van der Waals surface area contributed by atoms with E-state index in [2.05, 4.69) is 204 Å². The Bertz CT molecular complexity index is 6450. The third-order valence-electron chi connectivity index (χ3n) is 21.3. The maximum atomic E-state index is 12.5. The van der Waals surface area contributed by atoms with Crippen molar-refractivity contribution < 1.29 is 107 Å². The molecule has 0 saturated heterocycles. The quantitative estimate of drug-likeness (QED) is 0.0450. The fourth-order valence-electron chi connectivity index (χ4n) is 12.4. The lowest BCUT2D eigenvalue weighted by molar-refractivity contribution is -0.170. The standard InChI is InChI=1S/C14H16F3NO3.2C13H15N3O2.C12H15NO3.C11H14N4O.C11H14N4.2C11H14O3.C11H14O2.2CH4/c1-13(2,3)9-4-6-10(7-5-9)18(8-11(19)20)12(21)14(15,16)17;1-13(2,3)9-4-6-10(7-5-9)16-8-11(12(17)18)14-15-16;1-13(2,3)9-4-6-10(7-5-9)16-11(12(17)18)8-14-15-16;1-12(2,3)8-4-6-9(7-5-8)13-10(14)11(15)16;1-11(2,3)8-4-6-9(7-5-8)16-10-12-14-15-13-10;1-11(2,3)9-6-4-8(5-7-9)10-12-14-15-13-10;1-11(2,3)7-4-5-9(12)8(6-7)10(13)14;1-11(2,3)7-4-5-8(10(13)14)9(12)6-7;1-11(2,3)9-6-4-8(5-7-9)10(12)13;;/h4-7H,8H2,1-3H3,(H,19,20);2*4-8H,1-3H3,(H,17,18);4-7H,1-3H3,(H,13,14)(H,15,16);4-7H,1-3H3,(H,12,13,14,15);4-7H,1-3H3,(H,12,13,14,15);2*4-6,12H,1-3H3,(H,13,14);4-7H,1-3H3,(H,12,13);2*1H4. The number of hydrogen-bond donors (Lipinski definition) is 12. The minimum atomic E-state index is -5.13. The normalized spacial score (nSPS) is 11.3. The molecule has 2 amide bonds. The number of aromatic nitrogens is 14. The summed E-state index contributed by atoms with van der Waals surface area (Å²) < 4.78 is 45.7. The fraction of sp³-hybridized carbons (Fsp3) is 0.367. The van der Waals surface area contributed by atoms with Crippen LogP contribution in [0.2, 0.25) is 0 Å². The topological polar surface area (TPSA) is 531 Å². The summed E-state index contributed by atoms with van der Waals surface area (Å²) in [6.45, 7) is 55.1. The summed E-state index contributed by atoms with van der Waals surface area (Å²) in [6.07, 6.45) is -2.49. The number of tetrazole rings is 2. The highest BCUT2D eigenvalue weighted by molar-refractivity contribution is 6.36. The predicted octanol–water partition coefficient (Wildman–Crippen LogP) is 22.7. The number of nitrogens with zero attached hydrogens (tertiary/aromatic N) is 13. The Kier molecular flexibility index (Phi) is 44.5. The van der Waals surface area contributed by atoms with Gasteiger partial charge in [0.15, 0.2) is 11.4 Å². The average molecular weight is 2030 g/mol. The molecule has 35 nitrogen and oxygen atoms in total. The largest absolute Gasteiger partial charge is 0.507 e. The molecule has 790 valence electrons. The van der Waals surface area contributed by atoms with E-state index in [1.54, 1.807) is 48.5 Å². The summed E-state index contributed by atoms with van der Waals surface area (Å²) in [4.78, 5) is 97.0. The van der Waals surface area contributed by atoms with Crippen molar-refractivity contribution >= 4 is 65.0 Å². The van der Waals surface area contributed by atoms with Crippen LogP contribution in [-0.4, -0.2) is 184 Å². The molecule has 0 spiro atoms. The van der Waals surface area contributed by atoms with Crippen LogP contribution in [0.1, 0.15) is 304 Å². The number of carbonyl (C=O) groups is 9. The second kappa shape index (κ2) is 52.4. The number of aromatic carboxylic acids is 5. The maximum Gasteiger partial charge on any atom is 0.471 e. The lowest BCUT2D eigenvalue weighted by Gasteiger charge is -2.24. The summed E-state index contributed by atoms with van der Waals surface area (Å²) in [5.41, 5.74) is 13.2. The number of phenols is 2. The van der Waals surface area contributed by atoms with Gasteiger partial charge in [-0.25, -0.2) is 38.1 Å². The Morgan fingerprint density at radius 2 is 0.769 bits per heavy atom. The van der Waals surface area contributed by atoms with Crippen molar-refractivity contribution in [3.05, 3.63) is 297 Å². The molecular formula is C109H139F3N16O19. The molecule has 12 N–H and O–H groups in total. The molecule has 0 atom stereocenters. The Labute approximate surface area is 855 Å². The first-order chi connectivity index (χ1) is 66.7. The van der Waals surface area contributed by atoms with Crippen LogP contribution in [0.25, 0.3) is 22.8 Å². The first-order valence-electron chi connectivity index (χ1n) is 45.4. The number of benzene rings is 9. The van der Waals surface area contributed by atoms with E-state index >= 15 is 0 Å². The number of ether oxygens (including phenoxy) is 1. The van der Waals surface area contributed by atoms with Gasteiger partial charge in [0.25, 0.3) is 0 Å². The number of aromatic hydroxyl groups is 2. The van der Waals surface area contributed by atoms with Gasteiger partial charge < -0.3 is 56.0 Å². The second-order valence-corrected chi connectivity index (χ2v) is 42.3. The predicted molar refractivity (Wildman–Crippen MR) is 557 cm³/mol. The SMILES string of the molecule is C.C.CC(C)(C)c1ccc(-c2nn[nH]n2)cc1.CC(C)(C)c1ccc(-n2cc(C(=O)O)nn2)cc1.CC(C)(C)c1ccc(-n2nncc2C(=O)O)cc1.CC(C)(C)c1ccc(C(=O)O)c(O)c1.CC(C)(C)c1ccc(C(=O)O)cc1.CC(C)(C)c1ccc(N(CC(=O)O)C(=O)C(F)(F)F)cc1.CC(C)(C)c1ccc(NC(=O)C(=O)O)cc1.CC(C)(C)c1ccc(O)c(C(=O)O)c1.CC(C)(C)c1ccc(Oc2nn[nH]n2)cc1. The van der Waals surface area contributed by atoms with Gasteiger partial charge in [0.1, 0.15) is 34.9 Å². The van der Waals surface area contributed by atoms with E-state index < -0.39 is 66.3 Å². The van der Waals surface area contributed by atoms with Gasteiger partial charge in [-0.05, 0) is 206 Å². The van der Waals surface area contributed by atoms with Gasteiger partial charge in [-0.1, -0.05) is 332 Å². The van der Waals surface area contributed by atoms with Crippen molar-refractivity contribution in [2.45, 2.75) is 257 Å². The number of H-pyrrole nitrogens is 2. The number of aliphatic carboxylic acids is 2. The first kappa shape index (κ1) is 125. The molecule has 13 rings (SSSR count). The molecule has 9 aromatic carbocycles. The number of amides is 2. The number of carboxylic acids is 7. The van der Waals surface area contributed by atoms with Crippen LogP contribution < -0.4 is 15.0 Å². The van der Waals surface area contributed by atoms with Crippen molar-refractivity contribution in [3.63, 3.8) is 0 Å². The molecular weight excluding hydrogens is 1890 g/mol. The molecule has 0 radical (unpaired) electrons. The summed E-state index contributed by atoms with van der Waals surface area (Å²) in [7, 11) is 0. The molecule has 147 heavy (non-hydrogen) atoms. The van der Waals surface area contributed by atoms with E-state index in [4.69, 9.17) is 40.5 Å². The Morgan fingerprint density at radius 3 is 1.13 bits per heavy atom. The number of nitrogens with one attached hydrogen (secondary N) is 3. The van der Waals surface area contributed by atoms with Crippen LogP contribution in [-0.2, 0) is 67.9 Å². The van der Waals surface area contributed by atoms with Gasteiger partial charge in [-0.15, -0.1) is 20.4 Å². The fourth-order valence-corrected chi connectivity index (χ4v) is 12.4. The summed E-state index contributed by atoms with van der Waals surface area (Å²) in [5, 5.41) is 124. The van der Waals surface area contributed by atoms with Crippen LogP contribution in [0.3, 0.4) is 0 Å². The number of halogens is 3. The molecule has 4 heterocycles.